The lowest BCUT2D eigenvalue weighted by Gasteiger charge is -2.40. The van der Waals surface area contributed by atoms with Crippen LogP contribution in [0, 0.1) is 6.92 Å². The molecule has 202 valence electrons. The van der Waals surface area contributed by atoms with Crippen LogP contribution in [0.2, 0.25) is 10.3 Å². The molecule has 1 aliphatic rings. The molecule has 2 aromatic heterocycles. The first-order valence-corrected chi connectivity index (χ1v) is 13.9. The number of ether oxygens (including phenoxy) is 1. The van der Waals surface area contributed by atoms with Crippen LogP contribution in [-0.4, -0.2) is 78.1 Å². The number of hydrogen-bond donors (Lipinski definition) is 2. The lowest BCUT2D eigenvalue weighted by Crippen LogP contribution is -2.52. The Morgan fingerprint density at radius 2 is 2.00 bits per heavy atom. The number of nitrogens with zero attached hydrogens (tertiary/aromatic N) is 3. The molecule has 0 spiro atoms. The number of aryl methyl sites for hydroxylation is 1. The fourth-order valence-corrected chi connectivity index (χ4v) is 5.72. The van der Waals surface area contributed by atoms with Crippen molar-refractivity contribution in [2.24, 2.45) is 0 Å². The van der Waals surface area contributed by atoms with E-state index in [4.69, 9.17) is 23.2 Å². The summed E-state index contributed by atoms with van der Waals surface area (Å²) in [4.78, 5) is 45.2. The molecular formula is C25H33Cl2N5O4S. The fourth-order valence-electron chi connectivity index (χ4n) is 4.44. The van der Waals surface area contributed by atoms with Gasteiger partial charge in [-0.15, -0.1) is 0 Å². The van der Waals surface area contributed by atoms with E-state index in [9.17, 15) is 14.4 Å². The van der Waals surface area contributed by atoms with Crippen molar-refractivity contribution in [1.82, 2.24) is 25.4 Å². The summed E-state index contributed by atoms with van der Waals surface area (Å²) >= 11 is 13.6. The van der Waals surface area contributed by atoms with Gasteiger partial charge in [0.1, 0.15) is 16.9 Å². The highest BCUT2D eigenvalue weighted by molar-refractivity contribution is 7.07. The fraction of sp³-hybridized carbons (Fsp3) is 0.520. The van der Waals surface area contributed by atoms with E-state index in [1.165, 1.54) is 7.11 Å². The Balaban J connectivity index is 1.50. The van der Waals surface area contributed by atoms with E-state index in [1.54, 1.807) is 24.3 Å². The van der Waals surface area contributed by atoms with Crippen molar-refractivity contribution in [3.63, 3.8) is 0 Å². The Bertz CT molecular complexity index is 1050. The predicted octanol–water partition coefficient (Wildman–Crippen LogP) is 4.12. The van der Waals surface area contributed by atoms with Gasteiger partial charge < -0.3 is 25.2 Å². The third-order valence-corrected chi connectivity index (χ3v) is 7.78. The summed E-state index contributed by atoms with van der Waals surface area (Å²) in [5, 5.41) is 9.98. The maximum atomic E-state index is 12.9. The molecule has 0 saturated carbocycles. The van der Waals surface area contributed by atoms with Crippen LogP contribution in [0.25, 0.3) is 0 Å². The highest BCUT2D eigenvalue weighted by Gasteiger charge is 2.30. The normalized spacial score (nSPS) is 15.2. The molecule has 0 aliphatic carbocycles. The molecular weight excluding hydrogens is 537 g/mol. The van der Waals surface area contributed by atoms with Gasteiger partial charge in [-0.25, -0.2) is 9.78 Å². The van der Waals surface area contributed by atoms with E-state index in [-0.39, 0.29) is 40.9 Å². The maximum absolute atomic E-state index is 12.9. The van der Waals surface area contributed by atoms with E-state index in [0.29, 0.717) is 24.2 Å². The summed E-state index contributed by atoms with van der Waals surface area (Å²) in [6, 6.07) is 3.66. The molecule has 9 nitrogen and oxygen atoms in total. The molecule has 1 aliphatic heterocycles. The Kier molecular flexibility index (Phi) is 11.0. The highest BCUT2D eigenvalue weighted by Crippen LogP contribution is 2.23. The topological polar surface area (TPSA) is 104 Å². The molecule has 2 N–H and O–H groups in total. The van der Waals surface area contributed by atoms with Gasteiger partial charge in [0.25, 0.3) is 5.91 Å². The number of aromatic nitrogens is 1. The number of amides is 3. The van der Waals surface area contributed by atoms with Crippen LogP contribution in [0.1, 0.15) is 47.7 Å². The first kappa shape index (κ1) is 29.2. The number of piperidine rings is 1. The second kappa shape index (κ2) is 13.9. The molecule has 3 amide bonds. The Hall–Kier alpha value is -2.40. The van der Waals surface area contributed by atoms with E-state index in [2.05, 4.69) is 32.2 Å². The minimum absolute atomic E-state index is 0.0585. The van der Waals surface area contributed by atoms with Crippen molar-refractivity contribution < 1.29 is 19.1 Å². The summed E-state index contributed by atoms with van der Waals surface area (Å²) < 4.78 is 4.64. The van der Waals surface area contributed by atoms with Crippen LogP contribution in [0.5, 0.6) is 0 Å². The monoisotopic (exact) mass is 569 g/mol. The Morgan fingerprint density at radius 1 is 1.27 bits per heavy atom. The van der Waals surface area contributed by atoms with E-state index in [0.717, 1.165) is 37.9 Å². The molecule has 37 heavy (non-hydrogen) atoms. The van der Waals surface area contributed by atoms with Crippen LogP contribution in [-0.2, 0) is 16.1 Å². The standard InChI is InChI=1S/C25H33Cl2N5O4S/c1-16-12-20(26)30-23(27)22(16)24(34)28-8-4-17(2)31-9-5-19(6-10-31)32(14-18-7-11-37-15-18)25(35)29-13-21(33)36-3/h7,11-12,15,17,19H,4-6,8-10,13-14H2,1-3H3,(H,28,34)(H,29,35)/t17-/m1/s1. The summed E-state index contributed by atoms with van der Waals surface area (Å²) in [6.07, 6.45) is 2.40. The lowest BCUT2D eigenvalue weighted by molar-refractivity contribution is -0.139. The number of thiophene rings is 1. The number of carbonyl (C=O) groups excluding carboxylic acids is 3. The van der Waals surface area contributed by atoms with Gasteiger partial charge in [-0.2, -0.15) is 11.3 Å². The van der Waals surface area contributed by atoms with Crippen molar-refractivity contribution in [1.29, 1.82) is 0 Å². The smallest absolute Gasteiger partial charge is 0.325 e. The quantitative estimate of drug-likeness (QED) is 0.329. The summed E-state index contributed by atoms with van der Waals surface area (Å²) in [5.74, 6) is -0.746. The molecule has 0 aromatic carbocycles. The SMILES string of the molecule is COC(=O)CNC(=O)N(Cc1ccsc1)C1CCN([C@H](C)CCNC(=O)c2c(C)cc(Cl)nc2Cl)CC1. The molecule has 3 rings (SSSR count). The average Bonchev–Trinajstić information content (AvgIpc) is 3.38. The third kappa shape index (κ3) is 8.29. The van der Waals surface area contributed by atoms with Gasteiger partial charge in [0.2, 0.25) is 0 Å². The van der Waals surface area contributed by atoms with Crippen LogP contribution in [0.3, 0.4) is 0 Å². The van der Waals surface area contributed by atoms with Gasteiger partial charge in [-0.3, -0.25) is 9.59 Å². The van der Waals surface area contributed by atoms with Gasteiger partial charge in [0.15, 0.2) is 0 Å². The van der Waals surface area contributed by atoms with Crippen LogP contribution >= 0.6 is 34.5 Å². The minimum Gasteiger partial charge on any atom is -0.468 e. The Morgan fingerprint density at radius 3 is 2.62 bits per heavy atom. The molecule has 1 saturated heterocycles. The number of rotatable bonds is 10. The number of halogens is 2. The van der Waals surface area contributed by atoms with Gasteiger partial charge in [-0.1, -0.05) is 23.2 Å². The molecule has 0 bridgehead atoms. The zero-order valence-electron chi connectivity index (χ0n) is 21.3. The zero-order chi connectivity index (χ0) is 26.9. The summed E-state index contributed by atoms with van der Waals surface area (Å²) in [5.41, 5.74) is 2.09. The Labute approximate surface area is 231 Å². The number of carbonyl (C=O) groups is 3. The molecule has 0 radical (unpaired) electrons. The molecule has 0 unspecified atom stereocenters. The van der Waals surface area contributed by atoms with Gasteiger partial charge in [0.05, 0.1) is 12.7 Å². The van der Waals surface area contributed by atoms with Crippen LogP contribution < -0.4 is 10.6 Å². The number of pyridine rings is 1. The number of urea groups is 1. The van der Waals surface area contributed by atoms with Gasteiger partial charge in [-0.05, 0) is 67.1 Å². The second-order valence-electron chi connectivity index (χ2n) is 9.08. The largest absolute Gasteiger partial charge is 0.468 e. The summed E-state index contributed by atoms with van der Waals surface area (Å²) in [6.45, 7) is 6.41. The number of hydrogen-bond acceptors (Lipinski definition) is 7. The number of methoxy groups -OCH3 is 1. The molecule has 3 heterocycles. The molecule has 12 heteroatoms. The second-order valence-corrected chi connectivity index (χ2v) is 10.6. The number of nitrogens with one attached hydrogen (secondary N) is 2. The molecule has 1 fully saturated rings. The third-order valence-electron chi connectivity index (χ3n) is 6.58. The van der Waals surface area contributed by atoms with E-state index in [1.807, 2.05) is 21.7 Å². The van der Waals surface area contributed by atoms with Crippen molar-refractivity contribution in [2.75, 3.05) is 33.3 Å². The van der Waals surface area contributed by atoms with Gasteiger partial charge in [0, 0.05) is 38.3 Å². The van der Waals surface area contributed by atoms with E-state index < -0.39 is 5.97 Å². The van der Waals surface area contributed by atoms with E-state index >= 15 is 0 Å². The summed E-state index contributed by atoms with van der Waals surface area (Å²) in [7, 11) is 1.30. The predicted molar refractivity (Wildman–Crippen MR) is 145 cm³/mol. The first-order chi connectivity index (χ1) is 17.7. The zero-order valence-corrected chi connectivity index (χ0v) is 23.6. The maximum Gasteiger partial charge on any atom is 0.325 e. The minimum atomic E-state index is -0.482. The average molecular weight is 571 g/mol. The molecule has 2 aromatic rings. The van der Waals surface area contributed by atoms with Crippen molar-refractivity contribution in [2.45, 2.75) is 51.7 Å². The lowest BCUT2D eigenvalue weighted by atomic mass is 10.0. The van der Waals surface area contributed by atoms with Crippen LogP contribution in [0.4, 0.5) is 4.79 Å². The van der Waals surface area contributed by atoms with Crippen molar-refractivity contribution in [3.05, 3.63) is 49.9 Å². The first-order valence-electron chi connectivity index (χ1n) is 12.2. The van der Waals surface area contributed by atoms with Crippen molar-refractivity contribution in [3.8, 4) is 0 Å². The number of likely N-dealkylation sites (tertiary alicyclic amines) is 1. The highest BCUT2D eigenvalue weighted by atomic mass is 35.5. The van der Waals surface area contributed by atoms with Gasteiger partial charge >= 0.3 is 12.0 Å². The van der Waals surface area contributed by atoms with Crippen molar-refractivity contribution >= 4 is 52.4 Å². The molecule has 1 atom stereocenters. The number of esters is 1. The van der Waals surface area contributed by atoms with Crippen LogP contribution in [0.15, 0.2) is 22.9 Å².